The van der Waals surface area contributed by atoms with Crippen LogP contribution in [-0.4, -0.2) is 18.0 Å². The fourth-order valence-corrected chi connectivity index (χ4v) is 3.52. The number of aryl methyl sites for hydroxylation is 2. The maximum Gasteiger partial charge on any atom is 0.0560 e. The molecule has 124 valence electrons. The smallest absolute Gasteiger partial charge is 0.0560 e. The maximum atomic E-state index is 6.23. The van der Waals surface area contributed by atoms with E-state index >= 15 is 0 Å². The minimum absolute atomic E-state index is 0.522. The van der Waals surface area contributed by atoms with Crippen LogP contribution in [0.25, 0.3) is 16.8 Å². The van der Waals surface area contributed by atoms with E-state index in [0.29, 0.717) is 5.92 Å². The molecular weight excluding hydrogens is 302 g/mol. The molecule has 2 rings (SSSR count). The van der Waals surface area contributed by atoms with Gasteiger partial charge in [0, 0.05) is 24.2 Å². The highest BCUT2D eigenvalue weighted by Crippen LogP contribution is 2.40. The zero-order valence-electron chi connectivity index (χ0n) is 15.2. The topological polar surface area (TPSA) is 3.24 Å². The van der Waals surface area contributed by atoms with Crippen LogP contribution in [0.3, 0.4) is 0 Å². The van der Waals surface area contributed by atoms with Crippen LogP contribution < -0.4 is 0 Å². The summed E-state index contributed by atoms with van der Waals surface area (Å²) in [5, 5.41) is 0. The standard InChI is InChI=1S/C21H28ClN/c1-7-23(8-2)20(13-22)19-11-16(6)18-12-17(14(3)4)10-9-15(5)21(18)19/h9-14H,7-8H2,1-6H3/b20-13+. The molecule has 23 heavy (non-hydrogen) atoms. The van der Waals surface area contributed by atoms with Gasteiger partial charge in [0.15, 0.2) is 0 Å². The number of halogens is 1. The third kappa shape index (κ3) is 3.40. The van der Waals surface area contributed by atoms with E-state index in [4.69, 9.17) is 11.6 Å². The van der Waals surface area contributed by atoms with Crippen molar-refractivity contribution in [3.05, 3.63) is 52.1 Å². The minimum Gasteiger partial charge on any atom is -0.371 e. The van der Waals surface area contributed by atoms with E-state index in [9.17, 15) is 0 Å². The number of nitrogens with zero attached hydrogens (tertiary/aromatic N) is 1. The van der Waals surface area contributed by atoms with Gasteiger partial charge in [-0.3, -0.25) is 0 Å². The Balaban J connectivity index is 2.71. The van der Waals surface area contributed by atoms with Gasteiger partial charge in [0.2, 0.25) is 0 Å². The molecule has 0 fully saturated rings. The van der Waals surface area contributed by atoms with Gasteiger partial charge in [-0.1, -0.05) is 43.6 Å². The molecule has 0 N–H and O–H groups in total. The third-order valence-corrected chi connectivity index (χ3v) is 4.91. The first kappa shape index (κ1) is 17.9. The Morgan fingerprint density at radius 1 is 1.09 bits per heavy atom. The molecule has 0 spiro atoms. The average molecular weight is 330 g/mol. The maximum absolute atomic E-state index is 6.23. The normalized spacial score (nSPS) is 12.3. The quantitative estimate of drug-likeness (QED) is 0.612. The van der Waals surface area contributed by atoms with Crippen LogP contribution in [0.1, 0.15) is 55.9 Å². The van der Waals surface area contributed by atoms with Gasteiger partial charge >= 0.3 is 0 Å². The van der Waals surface area contributed by atoms with Crippen LogP contribution in [-0.2, 0) is 0 Å². The summed E-state index contributed by atoms with van der Waals surface area (Å²) in [5.41, 5.74) is 10.8. The van der Waals surface area contributed by atoms with Gasteiger partial charge in [-0.2, -0.15) is 0 Å². The van der Waals surface area contributed by atoms with E-state index in [1.807, 2.05) is 0 Å². The van der Waals surface area contributed by atoms with Crippen molar-refractivity contribution >= 4 is 17.3 Å². The second-order valence-corrected chi connectivity index (χ2v) is 6.73. The molecule has 0 aromatic carbocycles. The first-order valence-corrected chi connectivity index (χ1v) is 8.97. The van der Waals surface area contributed by atoms with Crippen LogP contribution in [0.15, 0.2) is 29.8 Å². The van der Waals surface area contributed by atoms with E-state index in [1.54, 1.807) is 5.54 Å². The summed E-state index contributed by atoms with van der Waals surface area (Å²) in [5.74, 6) is 0.522. The van der Waals surface area contributed by atoms with E-state index in [-0.39, 0.29) is 0 Å². The second-order valence-electron chi connectivity index (χ2n) is 6.51. The monoisotopic (exact) mass is 329 g/mol. The fraction of sp³-hybridized carbons (Fsp3) is 0.429. The molecule has 1 nitrogen and oxygen atoms in total. The van der Waals surface area contributed by atoms with Crippen LogP contribution in [0.5, 0.6) is 0 Å². The molecule has 0 bridgehead atoms. The van der Waals surface area contributed by atoms with Gasteiger partial charge in [0.1, 0.15) is 0 Å². The minimum atomic E-state index is 0.522. The highest BCUT2D eigenvalue weighted by Gasteiger charge is 2.21. The van der Waals surface area contributed by atoms with Gasteiger partial charge in [-0.15, -0.1) is 0 Å². The van der Waals surface area contributed by atoms with Crippen molar-refractivity contribution in [3.8, 4) is 11.1 Å². The molecule has 0 atom stereocenters. The lowest BCUT2D eigenvalue weighted by atomic mass is 9.99. The van der Waals surface area contributed by atoms with Crippen molar-refractivity contribution in [1.82, 2.24) is 4.90 Å². The molecule has 0 heterocycles. The average Bonchev–Trinajstić information content (AvgIpc) is 2.72. The molecule has 0 aliphatic heterocycles. The van der Waals surface area contributed by atoms with Gasteiger partial charge in [0.25, 0.3) is 0 Å². The Labute approximate surface area is 146 Å². The summed E-state index contributed by atoms with van der Waals surface area (Å²) in [6.45, 7) is 15.1. The summed E-state index contributed by atoms with van der Waals surface area (Å²) in [6.07, 6.45) is 0. The third-order valence-electron chi connectivity index (χ3n) is 4.71. The summed E-state index contributed by atoms with van der Waals surface area (Å²) < 4.78 is 0. The fourth-order valence-electron chi connectivity index (χ4n) is 3.26. The zero-order valence-corrected chi connectivity index (χ0v) is 16.0. The molecule has 0 amide bonds. The largest absolute Gasteiger partial charge is 0.371 e. The van der Waals surface area contributed by atoms with E-state index in [0.717, 1.165) is 18.8 Å². The lowest BCUT2D eigenvalue weighted by molar-refractivity contribution is 0.442. The molecule has 2 aliphatic carbocycles. The Morgan fingerprint density at radius 2 is 1.74 bits per heavy atom. The highest BCUT2D eigenvalue weighted by atomic mass is 35.5. The summed E-state index contributed by atoms with van der Waals surface area (Å²) >= 11 is 6.23. The van der Waals surface area contributed by atoms with Crippen molar-refractivity contribution < 1.29 is 0 Å². The first-order valence-electron chi connectivity index (χ1n) is 8.54. The molecule has 0 aromatic rings. The molecule has 2 aliphatic rings. The van der Waals surface area contributed by atoms with Crippen LogP contribution >= 0.6 is 11.6 Å². The van der Waals surface area contributed by atoms with Gasteiger partial charge in [-0.25, -0.2) is 0 Å². The SMILES string of the molecule is CCN(CC)/C(=C/Cl)c1cc(C)c2cc(C(C)C)ccc(C)c1-2. The van der Waals surface area contributed by atoms with Gasteiger partial charge in [-0.05, 0) is 67.5 Å². The number of fused-ring (bicyclic) bond motifs is 1. The first-order chi connectivity index (χ1) is 10.9. The van der Waals surface area contributed by atoms with E-state index in [2.05, 4.69) is 70.7 Å². The Bertz CT molecular complexity index is 681. The van der Waals surface area contributed by atoms with Crippen LogP contribution in [0.4, 0.5) is 0 Å². The zero-order chi connectivity index (χ0) is 17.1. The predicted molar refractivity (Wildman–Crippen MR) is 103 cm³/mol. The van der Waals surface area contributed by atoms with Crippen molar-refractivity contribution in [2.45, 2.75) is 47.5 Å². The Kier molecular flexibility index (Phi) is 5.75. The molecule has 0 radical (unpaired) electrons. The summed E-state index contributed by atoms with van der Waals surface area (Å²) in [6, 6.07) is 9.13. The highest BCUT2D eigenvalue weighted by molar-refractivity contribution is 6.28. The van der Waals surface area contributed by atoms with Crippen LogP contribution in [0, 0.1) is 13.8 Å². The molecule has 2 heteroatoms. The summed E-state index contributed by atoms with van der Waals surface area (Å²) in [7, 11) is 0. The molecule has 0 aromatic heterocycles. The summed E-state index contributed by atoms with van der Waals surface area (Å²) in [4.78, 5) is 2.32. The van der Waals surface area contributed by atoms with Gasteiger partial charge < -0.3 is 4.90 Å². The van der Waals surface area contributed by atoms with Gasteiger partial charge in [0.05, 0.1) is 5.70 Å². The van der Waals surface area contributed by atoms with Crippen molar-refractivity contribution in [1.29, 1.82) is 0 Å². The number of rotatable bonds is 5. The van der Waals surface area contributed by atoms with Crippen molar-refractivity contribution in [2.75, 3.05) is 13.1 Å². The molecule has 0 unspecified atom stereocenters. The second kappa shape index (κ2) is 7.40. The van der Waals surface area contributed by atoms with Crippen molar-refractivity contribution in [3.63, 3.8) is 0 Å². The molecular formula is C21H28ClN. The molecule has 0 saturated carbocycles. The van der Waals surface area contributed by atoms with E-state index in [1.165, 1.54) is 33.4 Å². The number of hydrogen-bond acceptors (Lipinski definition) is 1. The lowest BCUT2D eigenvalue weighted by Gasteiger charge is -2.24. The molecule has 0 saturated heterocycles. The Morgan fingerprint density at radius 3 is 2.26 bits per heavy atom. The Hall–Kier alpha value is -1.47. The lowest BCUT2D eigenvalue weighted by Crippen LogP contribution is -2.21. The van der Waals surface area contributed by atoms with Crippen molar-refractivity contribution in [2.24, 2.45) is 0 Å². The predicted octanol–water partition coefficient (Wildman–Crippen LogP) is 6.41. The number of hydrogen-bond donors (Lipinski definition) is 0. The van der Waals surface area contributed by atoms with E-state index < -0.39 is 0 Å². The van der Waals surface area contributed by atoms with Crippen LogP contribution in [0.2, 0.25) is 0 Å².